The first kappa shape index (κ1) is 14.4. The van der Waals surface area contributed by atoms with Crippen LogP contribution in [0, 0.1) is 13.8 Å². The van der Waals surface area contributed by atoms with Crippen LogP contribution < -0.4 is 5.32 Å². The third-order valence-electron chi connectivity index (χ3n) is 3.17. The van der Waals surface area contributed by atoms with E-state index in [0.29, 0.717) is 13.0 Å². The number of carbonyl (C=O) groups excluding carboxylic acids is 1. The molecule has 5 nitrogen and oxygen atoms in total. The number of carbonyl (C=O) groups is 1. The lowest BCUT2D eigenvalue weighted by molar-refractivity contribution is -0.120. The number of hydrogen-bond donors (Lipinski definition) is 1. The second-order valence-electron chi connectivity index (χ2n) is 4.72. The van der Waals surface area contributed by atoms with Crippen molar-refractivity contribution in [2.75, 3.05) is 39.4 Å². The van der Waals surface area contributed by atoms with Crippen LogP contribution in [0.5, 0.6) is 0 Å². The van der Waals surface area contributed by atoms with Crippen LogP contribution >= 0.6 is 11.3 Å². The van der Waals surface area contributed by atoms with Crippen molar-refractivity contribution in [1.29, 1.82) is 0 Å². The van der Waals surface area contributed by atoms with Gasteiger partial charge in [-0.2, -0.15) is 0 Å². The van der Waals surface area contributed by atoms with E-state index in [1.165, 1.54) is 0 Å². The molecule has 1 aromatic rings. The molecule has 1 aromatic heterocycles. The highest BCUT2D eigenvalue weighted by molar-refractivity contribution is 7.11. The maximum atomic E-state index is 11.8. The van der Waals surface area contributed by atoms with E-state index in [0.717, 1.165) is 48.4 Å². The molecule has 0 aliphatic carbocycles. The maximum absolute atomic E-state index is 11.8. The summed E-state index contributed by atoms with van der Waals surface area (Å²) in [4.78, 5) is 19.6. The smallest absolute Gasteiger partial charge is 0.225 e. The minimum Gasteiger partial charge on any atom is -0.379 e. The van der Waals surface area contributed by atoms with Crippen molar-refractivity contribution in [3.63, 3.8) is 0 Å². The molecule has 106 valence electrons. The Balaban J connectivity index is 1.68. The number of aryl methyl sites for hydroxylation is 2. The average molecular weight is 283 g/mol. The summed E-state index contributed by atoms with van der Waals surface area (Å²) in [6.07, 6.45) is 0.445. The fraction of sp³-hybridized carbons (Fsp3) is 0.692. The van der Waals surface area contributed by atoms with Crippen molar-refractivity contribution in [2.45, 2.75) is 20.3 Å². The zero-order chi connectivity index (χ0) is 13.7. The second kappa shape index (κ2) is 6.98. The highest BCUT2D eigenvalue weighted by Gasteiger charge is 2.12. The molecule has 1 N–H and O–H groups in total. The van der Waals surface area contributed by atoms with Gasteiger partial charge in [0.25, 0.3) is 0 Å². The predicted molar refractivity (Wildman–Crippen MR) is 75.6 cm³/mol. The van der Waals surface area contributed by atoms with E-state index in [2.05, 4.69) is 15.2 Å². The van der Waals surface area contributed by atoms with Gasteiger partial charge in [-0.3, -0.25) is 9.69 Å². The number of hydrogen-bond acceptors (Lipinski definition) is 5. The third kappa shape index (κ3) is 4.56. The minimum atomic E-state index is 0.0833. The molecule has 0 radical (unpaired) electrons. The fourth-order valence-corrected chi connectivity index (χ4v) is 3.06. The van der Waals surface area contributed by atoms with Gasteiger partial charge in [-0.25, -0.2) is 4.98 Å². The van der Waals surface area contributed by atoms with E-state index in [1.807, 2.05) is 13.8 Å². The van der Waals surface area contributed by atoms with Gasteiger partial charge < -0.3 is 10.1 Å². The molecule has 0 unspecified atom stereocenters. The molecule has 0 atom stereocenters. The van der Waals surface area contributed by atoms with E-state index < -0.39 is 0 Å². The van der Waals surface area contributed by atoms with Crippen molar-refractivity contribution in [2.24, 2.45) is 0 Å². The molecule has 6 heteroatoms. The van der Waals surface area contributed by atoms with Gasteiger partial charge in [0, 0.05) is 31.1 Å². The number of thiazole rings is 1. The molecular formula is C13H21N3O2S. The first-order chi connectivity index (χ1) is 9.15. The number of rotatable bonds is 5. The van der Waals surface area contributed by atoms with Crippen LogP contribution in [0.4, 0.5) is 0 Å². The normalized spacial score (nSPS) is 16.5. The zero-order valence-electron chi connectivity index (χ0n) is 11.6. The number of nitrogens with zero attached hydrogens (tertiary/aromatic N) is 2. The van der Waals surface area contributed by atoms with Crippen LogP contribution in [-0.4, -0.2) is 55.2 Å². The molecule has 1 saturated heterocycles. The second-order valence-corrected chi connectivity index (χ2v) is 6.01. The van der Waals surface area contributed by atoms with Gasteiger partial charge in [-0.15, -0.1) is 11.3 Å². The summed E-state index contributed by atoms with van der Waals surface area (Å²) < 4.78 is 5.29. The van der Waals surface area contributed by atoms with E-state index in [1.54, 1.807) is 11.3 Å². The van der Waals surface area contributed by atoms with E-state index in [4.69, 9.17) is 4.74 Å². The largest absolute Gasteiger partial charge is 0.379 e. The van der Waals surface area contributed by atoms with Crippen LogP contribution in [0.1, 0.15) is 15.6 Å². The van der Waals surface area contributed by atoms with Crippen LogP contribution in [0.2, 0.25) is 0 Å². The SMILES string of the molecule is Cc1nc(C)c(CC(=O)NCCN2CCOCC2)s1. The predicted octanol–water partition coefficient (Wildman–Crippen LogP) is 0.751. The Hall–Kier alpha value is -0.980. The first-order valence-electron chi connectivity index (χ1n) is 6.65. The molecule has 0 bridgehead atoms. The van der Waals surface area contributed by atoms with E-state index in [-0.39, 0.29) is 5.91 Å². The first-order valence-corrected chi connectivity index (χ1v) is 7.46. The average Bonchev–Trinajstić information content (AvgIpc) is 2.69. The lowest BCUT2D eigenvalue weighted by Gasteiger charge is -2.26. The van der Waals surface area contributed by atoms with Gasteiger partial charge in [0.2, 0.25) is 5.91 Å². The lowest BCUT2D eigenvalue weighted by Crippen LogP contribution is -2.41. The van der Waals surface area contributed by atoms with E-state index in [9.17, 15) is 4.79 Å². The van der Waals surface area contributed by atoms with Crippen LogP contribution in [-0.2, 0) is 16.0 Å². The highest BCUT2D eigenvalue weighted by atomic mass is 32.1. The number of nitrogens with one attached hydrogen (secondary N) is 1. The standard InChI is InChI=1S/C13H21N3O2S/c1-10-12(19-11(2)15-10)9-13(17)14-3-4-16-5-7-18-8-6-16/h3-9H2,1-2H3,(H,14,17). The van der Waals surface area contributed by atoms with Gasteiger partial charge in [0.15, 0.2) is 0 Å². The quantitative estimate of drug-likeness (QED) is 0.866. The Morgan fingerprint density at radius 3 is 2.79 bits per heavy atom. The van der Waals surface area contributed by atoms with Crippen molar-refractivity contribution in [3.05, 3.63) is 15.6 Å². The Kier molecular flexibility index (Phi) is 5.30. The van der Waals surface area contributed by atoms with Gasteiger partial charge >= 0.3 is 0 Å². The summed E-state index contributed by atoms with van der Waals surface area (Å²) >= 11 is 1.61. The number of amides is 1. The lowest BCUT2D eigenvalue weighted by atomic mass is 10.3. The Bertz CT molecular complexity index is 428. The van der Waals surface area contributed by atoms with Crippen LogP contribution in [0.15, 0.2) is 0 Å². The molecule has 2 rings (SSSR count). The molecule has 1 amide bonds. The number of morpholine rings is 1. The Morgan fingerprint density at radius 1 is 1.42 bits per heavy atom. The summed E-state index contributed by atoms with van der Waals surface area (Å²) in [6, 6.07) is 0. The zero-order valence-corrected chi connectivity index (χ0v) is 12.4. The van der Waals surface area contributed by atoms with Crippen molar-refractivity contribution >= 4 is 17.2 Å². The van der Waals surface area contributed by atoms with Gasteiger partial charge in [0.05, 0.1) is 30.3 Å². The van der Waals surface area contributed by atoms with Crippen molar-refractivity contribution in [1.82, 2.24) is 15.2 Å². The molecule has 2 heterocycles. The van der Waals surface area contributed by atoms with Gasteiger partial charge in [-0.1, -0.05) is 0 Å². The van der Waals surface area contributed by atoms with Gasteiger partial charge in [-0.05, 0) is 13.8 Å². The molecule has 19 heavy (non-hydrogen) atoms. The third-order valence-corrected chi connectivity index (χ3v) is 4.25. The van der Waals surface area contributed by atoms with E-state index >= 15 is 0 Å². The molecule has 0 spiro atoms. The Morgan fingerprint density at radius 2 is 2.16 bits per heavy atom. The maximum Gasteiger partial charge on any atom is 0.225 e. The highest BCUT2D eigenvalue weighted by Crippen LogP contribution is 2.17. The summed E-state index contributed by atoms with van der Waals surface area (Å²) in [6.45, 7) is 9.05. The summed E-state index contributed by atoms with van der Waals surface area (Å²) in [5.74, 6) is 0.0833. The van der Waals surface area contributed by atoms with Crippen molar-refractivity contribution in [3.8, 4) is 0 Å². The van der Waals surface area contributed by atoms with Gasteiger partial charge in [0.1, 0.15) is 0 Å². The summed E-state index contributed by atoms with van der Waals surface area (Å²) in [5, 5.41) is 3.99. The molecule has 1 aliphatic heterocycles. The Labute approximate surface area is 118 Å². The molecular weight excluding hydrogens is 262 g/mol. The summed E-state index contributed by atoms with van der Waals surface area (Å²) in [7, 11) is 0. The topological polar surface area (TPSA) is 54.5 Å². The van der Waals surface area contributed by atoms with Crippen LogP contribution in [0.25, 0.3) is 0 Å². The minimum absolute atomic E-state index is 0.0833. The molecule has 1 fully saturated rings. The molecule has 0 aromatic carbocycles. The number of aromatic nitrogens is 1. The van der Waals surface area contributed by atoms with Crippen LogP contribution in [0.3, 0.4) is 0 Å². The number of ether oxygens (including phenoxy) is 1. The molecule has 0 saturated carbocycles. The fourth-order valence-electron chi connectivity index (χ4n) is 2.12. The van der Waals surface area contributed by atoms with Crippen molar-refractivity contribution < 1.29 is 9.53 Å². The molecule has 1 aliphatic rings. The monoisotopic (exact) mass is 283 g/mol. The summed E-state index contributed by atoms with van der Waals surface area (Å²) in [5.41, 5.74) is 0.978.